The molecule has 17 heavy (non-hydrogen) atoms. The van der Waals surface area contributed by atoms with Crippen molar-refractivity contribution >= 4 is 11.9 Å². The predicted octanol–water partition coefficient (Wildman–Crippen LogP) is -0.486. The van der Waals surface area contributed by atoms with E-state index >= 15 is 0 Å². The lowest BCUT2D eigenvalue weighted by Crippen LogP contribution is -2.54. The summed E-state index contributed by atoms with van der Waals surface area (Å²) in [7, 11) is 3.41. The van der Waals surface area contributed by atoms with Crippen LogP contribution < -0.4 is 16.0 Å². The van der Waals surface area contributed by atoms with Crippen LogP contribution in [0.2, 0.25) is 0 Å². The van der Waals surface area contributed by atoms with Crippen molar-refractivity contribution < 1.29 is 9.59 Å². The van der Waals surface area contributed by atoms with Crippen molar-refractivity contribution in [3.63, 3.8) is 0 Å². The van der Waals surface area contributed by atoms with Gasteiger partial charge >= 0.3 is 6.03 Å². The van der Waals surface area contributed by atoms with Gasteiger partial charge in [-0.25, -0.2) is 4.79 Å². The zero-order chi connectivity index (χ0) is 12.8. The zero-order valence-corrected chi connectivity index (χ0v) is 10.7. The number of amides is 3. The third-order valence-corrected chi connectivity index (χ3v) is 3.30. The molecule has 6 heteroatoms. The molecule has 3 amide bonds. The summed E-state index contributed by atoms with van der Waals surface area (Å²) >= 11 is 0. The van der Waals surface area contributed by atoms with Crippen molar-refractivity contribution in [2.24, 2.45) is 0 Å². The van der Waals surface area contributed by atoms with Crippen LogP contribution in [0.15, 0.2) is 0 Å². The molecule has 0 aliphatic carbocycles. The Balaban J connectivity index is 2.46. The summed E-state index contributed by atoms with van der Waals surface area (Å²) in [6.45, 7) is 3.75. The molecule has 1 rings (SSSR count). The molecule has 1 aliphatic heterocycles. The molecule has 0 aromatic carbocycles. The first-order chi connectivity index (χ1) is 8.06. The molecular weight excluding hydrogens is 220 g/mol. The van der Waals surface area contributed by atoms with Crippen LogP contribution in [0.1, 0.15) is 19.8 Å². The molecule has 1 saturated heterocycles. The van der Waals surface area contributed by atoms with Crippen molar-refractivity contribution in [1.29, 1.82) is 0 Å². The number of carbonyl (C=O) groups is 2. The van der Waals surface area contributed by atoms with Crippen LogP contribution in [0.4, 0.5) is 4.79 Å². The Labute approximate surface area is 102 Å². The Morgan fingerprint density at radius 3 is 2.71 bits per heavy atom. The molecule has 3 N–H and O–H groups in total. The van der Waals surface area contributed by atoms with Gasteiger partial charge in [0.2, 0.25) is 5.91 Å². The Hall–Kier alpha value is -1.14. The van der Waals surface area contributed by atoms with Gasteiger partial charge in [-0.3, -0.25) is 15.0 Å². The molecule has 0 bridgehead atoms. The van der Waals surface area contributed by atoms with E-state index in [1.807, 2.05) is 18.9 Å². The van der Waals surface area contributed by atoms with Crippen molar-refractivity contribution in [1.82, 2.24) is 20.9 Å². The average molecular weight is 242 g/mol. The average Bonchev–Trinajstić information content (AvgIpc) is 2.37. The Morgan fingerprint density at radius 2 is 2.18 bits per heavy atom. The molecule has 0 aromatic rings. The van der Waals surface area contributed by atoms with Crippen molar-refractivity contribution in [3.8, 4) is 0 Å². The normalized spacial score (nSPS) is 22.0. The Bertz CT molecular complexity index is 277. The van der Waals surface area contributed by atoms with Gasteiger partial charge in [-0.2, -0.15) is 0 Å². The fourth-order valence-corrected chi connectivity index (χ4v) is 1.96. The highest BCUT2D eigenvalue weighted by Crippen LogP contribution is 2.11. The number of imide groups is 1. The molecule has 6 nitrogen and oxygen atoms in total. The van der Waals surface area contributed by atoms with Gasteiger partial charge in [0.15, 0.2) is 0 Å². The van der Waals surface area contributed by atoms with Crippen molar-refractivity contribution in [2.75, 3.05) is 27.2 Å². The van der Waals surface area contributed by atoms with Gasteiger partial charge in [-0.1, -0.05) is 0 Å². The lowest BCUT2D eigenvalue weighted by Gasteiger charge is -2.34. The number of hydrogen-bond donors (Lipinski definition) is 3. The van der Waals surface area contributed by atoms with Crippen molar-refractivity contribution in [2.45, 2.75) is 31.8 Å². The van der Waals surface area contributed by atoms with E-state index in [1.165, 1.54) is 7.05 Å². The molecule has 1 aliphatic rings. The summed E-state index contributed by atoms with van der Waals surface area (Å²) in [6, 6.07) is -0.414. The number of likely N-dealkylation sites (N-methyl/N-ethyl adjacent to an activating group) is 1. The number of piperidine rings is 1. The third-order valence-electron chi connectivity index (χ3n) is 3.30. The third kappa shape index (κ3) is 3.98. The highest BCUT2D eigenvalue weighted by Gasteiger charge is 2.26. The lowest BCUT2D eigenvalue weighted by molar-refractivity contribution is -0.125. The maximum atomic E-state index is 11.8. The van der Waals surface area contributed by atoms with Crippen LogP contribution in [-0.4, -0.2) is 56.1 Å². The van der Waals surface area contributed by atoms with Crippen LogP contribution in [-0.2, 0) is 4.79 Å². The minimum Gasteiger partial charge on any atom is -0.341 e. The largest absolute Gasteiger partial charge is 0.341 e. The molecule has 2 atom stereocenters. The minimum absolute atomic E-state index is 0.266. The summed E-state index contributed by atoms with van der Waals surface area (Å²) in [6.07, 6.45) is 2.21. The molecule has 0 saturated carbocycles. The molecule has 0 spiro atoms. The predicted molar refractivity (Wildman–Crippen MR) is 65.7 cm³/mol. The second-order valence-electron chi connectivity index (χ2n) is 4.41. The van der Waals surface area contributed by atoms with E-state index in [0.29, 0.717) is 6.04 Å². The molecule has 1 heterocycles. The van der Waals surface area contributed by atoms with Gasteiger partial charge in [-0.15, -0.1) is 0 Å². The fourth-order valence-electron chi connectivity index (χ4n) is 1.96. The van der Waals surface area contributed by atoms with Crippen molar-refractivity contribution in [3.05, 3.63) is 0 Å². The van der Waals surface area contributed by atoms with Crippen LogP contribution in [0.3, 0.4) is 0 Å². The van der Waals surface area contributed by atoms with Gasteiger partial charge in [0.25, 0.3) is 0 Å². The van der Waals surface area contributed by atoms with Crippen LogP contribution in [0.5, 0.6) is 0 Å². The molecule has 98 valence electrons. The van der Waals surface area contributed by atoms with Gasteiger partial charge < -0.3 is 10.6 Å². The van der Waals surface area contributed by atoms with Gasteiger partial charge in [0.1, 0.15) is 0 Å². The first kappa shape index (κ1) is 13.9. The lowest BCUT2D eigenvalue weighted by atomic mass is 10.0. The van der Waals surface area contributed by atoms with E-state index in [-0.39, 0.29) is 11.9 Å². The number of nitrogens with one attached hydrogen (secondary N) is 3. The summed E-state index contributed by atoms with van der Waals surface area (Å²) in [5, 5.41) is 7.97. The van der Waals surface area contributed by atoms with E-state index in [4.69, 9.17) is 0 Å². The number of urea groups is 1. The molecule has 0 aromatic heterocycles. The van der Waals surface area contributed by atoms with E-state index in [2.05, 4.69) is 16.0 Å². The molecular formula is C11H22N4O2. The minimum atomic E-state index is -0.461. The second-order valence-corrected chi connectivity index (χ2v) is 4.41. The number of rotatable bonds is 3. The maximum Gasteiger partial charge on any atom is 0.321 e. The quantitative estimate of drug-likeness (QED) is 0.624. The first-order valence-electron chi connectivity index (χ1n) is 6.01. The van der Waals surface area contributed by atoms with E-state index < -0.39 is 6.03 Å². The van der Waals surface area contributed by atoms with Crippen LogP contribution in [0, 0.1) is 0 Å². The zero-order valence-electron chi connectivity index (χ0n) is 10.7. The SMILES string of the molecule is CNC(=O)NC(=O)C(C)N(C)C1CCCNC1. The van der Waals surface area contributed by atoms with E-state index in [9.17, 15) is 9.59 Å². The summed E-state index contributed by atoms with van der Waals surface area (Å²) in [5.74, 6) is -0.266. The smallest absolute Gasteiger partial charge is 0.321 e. The summed E-state index contributed by atoms with van der Waals surface area (Å²) < 4.78 is 0. The monoisotopic (exact) mass is 242 g/mol. The van der Waals surface area contributed by atoms with E-state index in [1.54, 1.807) is 0 Å². The van der Waals surface area contributed by atoms with Gasteiger partial charge in [-0.05, 0) is 33.4 Å². The molecule has 2 unspecified atom stereocenters. The first-order valence-corrected chi connectivity index (χ1v) is 6.01. The van der Waals surface area contributed by atoms with Gasteiger partial charge in [0, 0.05) is 19.6 Å². The fraction of sp³-hybridized carbons (Fsp3) is 0.818. The van der Waals surface area contributed by atoms with Crippen LogP contribution >= 0.6 is 0 Å². The second kappa shape index (κ2) is 6.56. The number of carbonyl (C=O) groups excluding carboxylic acids is 2. The Kier molecular flexibility index (Phi) is 5.37. The molecule has 0 radical (unpaired) electrons. The number of hydrogen-bond acceptors (Lipinski definition) is 4. The summed E-state index contributed by atoms with van der Waals surface area (Å²) in [5.41, 5.74) is 0. The summed E-state index contributed by atoms with van der Waals surface area (Å²) in [4.78, 5) is 24.8. The highest BCUT2D eigenvalue weighted by molar-refractivity contribution is 5.96. The van der Waals surface area contributed by atoms with E-state index in [0.717, 1.165) is 25.9 Å². The highest BCUT2D eigenvalue weighted by atomic mass is 16.2. The molecule has 1 fully saturated rings. The standard InChI is InChI=1S/C11H22N4O2/c1-8(10(16)14-11(17)12-2)15(3)9-5-4-6-13-7-9/h8-9,13H,4-7H2,1-3H3,(H2,12,14,16,17). The van der Waals surface area contributed by atoms with Crippen LogP contribution in [0.25, 0.3) is 0 Å². The van der Waals surface area contributed by atoms with Gasteiger partial charge in [0.05, 0.1) is 6.04 Å². The Morgan fingerprint density at radius 1 is 1.47 bits per heavy atom. The maximum absolute atomic E-state index is 11.8. The number of nitrogens with zero attached hydrogens (tertiary/aromatic N) is 1. The topological polar surface area (TPSA) is 73.5 Å².